The van der Waals surface area contributed by atoms with Crippen LogP contribution in [0.4, 0.5) is 5.69 Å². The zero-order valence-electron chi connectivity index (χ0n) is 18.0. The molecule has 10 nitrogen and oxygen atoms in total. The summed E-state index contributed by atoms with van der Waals surface area (Å²) < 4.78 is 17.2. The topological polar surface area (TPSA) is 128 Å². The van der Waals surface area contributed by atoms with Crippen LogP contribution in [0.25, 0.3) is 22.7 Å². The second-order valence-corrected chi connectivity index (χ2v) is 8.31. The van der Waals surface area contributed by atoms with E-state index in [9.17, 15) is 4.79 Å². The van der Waals surface area contributed by atoms with Gasteiger partial charge in [-0.15, -0.1) is 0 Å². The number of oxazole rings is 2. The monoisotopic (exact) mass is 446 g/mol. The molecule has 5 heterocycles. The van der Waals surface area contributed by atoms with Crippen LogP contribution in [0.15, 0.2) is 39.5 Å². The lowest BCUT2D eigenvalue weighted by Crippen LogP contribution is -2.33. The standard InChI is InChI=1S/C23H22N6O4/c1-12-8-14(4-5-25-12)22-27-16(11-32-22)21(30)26-15-9-17-20(28-19(15)13-2-3-13)29-23(33-17)18-10-24-6-7-31-18/h4-5,8-9,11,13,18,24H,2-3,6-7,10H2,1H3,(H,26,30). The van der Waals surface area contributed by atoms with Crippen LogP contribution in [0.5, 0.6) is 0 Å². The van der Waals surface area contributed by atoms with E-state index in [1.165, 1.54) is 6.26 Å². The predicted octanol–water partition coefficient (Wildman–Crippen LogP) is 3.37. The van der Waals surface area contributed by atoms with Crippen LogP contribution in [0.3, 0.4) is 0 Å². The maximum absolute atomic E-state index is 13.0. The molecule has 33 heavy (non-hydrogen) atoms. The average Bonchev–Trinajstić information content (AvgIpc) is 3.39. The molecule has 2 aliphatic rings. The van der Waals surface area contributed by atoms with Gasteiger partial charge < -0.3 is 24.2 Å². The van der Waals surface area contributed by atoms with Gasteiger partial charge in [-0.05, 0) is 31.9 Å². The highest BCUT2D eigenvalue weighted by Gasteiger charge is 2.31. The fourth-order valence-electron chi connectivity index (χ4n) is 3.90. The number of hydrogen-bond donors (Lipinski definition) is 2. The van der Waals surface area contributed by atoms with Crippen molar-refractivity contribution < 1.29 is 18.4 Å². The molecule has 1 amide bonds. The average molecular weight is 446 g/mol. The van der Waals surface area contributed by atoms with Crippen LogP contribution in [0.2, 0.25) is 0 Å². The lowest BCUT2D eigenvalue weighted by atomic mass is 10.2. The Kier molecular flexibility index (Phi) is 4.88. The van der Waals surface area contributed by atoms with E-state index in [1.807, 2.05) is 13.0 Å². The van der Waals surface area contributed by atoms with Crippen LogP contribution < -0.4 is 10.6 Å². The first kappa shape index (κ1) is 20.0. The number of aryl methyl sites for hydroxylation is 1. The molecule has 168 valence electrons. The molecule has 1 saturated heterocycles. The second-order valence-electron chi connectivity index (χ2n) is 8.31. The highest BCUT2D eigenvalue weighted by molar-refractivity contribution is 6.04. The summed E-state index contributed by atoms with van der Waals surface area (Å²) in [6.45, 7) is 3.93. The minimum atomic E-state index is -0.376. The summed E-state index contributed by atoms with van der Waals surface area (Å²) in [7, 11) is 0. The third-order valence-corrected chi connectivity index (χ3v) is 5.72. The van der Waals surface area contributed by atoms with E-state index >= 15 is 0 Å². The van der Waals surface area contributed by atoms with Gasteiger partial charge in [0.1, 0.15) is 12.4 Å². The Bertz CT molecular complexity index is 1340. The van der Waals surface area contributed by atoms with Gasteiger partial charge in [-0.25, -0.2) is 9.97 Å². The Labute approximate surface area is 188 Å². The van der Waals surface area contributed by atoms with Gasteiger partial charge in [0.2, 0.25) is 11.8 Å². The minimum Gasteiger partial charge on any atom is -0.444 e. The van der Waals surface area contributed by atoms with E-state index in [-0.39, 0.29) is 17.7 Å². The van der Waals surface area contributed by atoms with Crippen molar-refractivity contribution in [3.05, 3.63) is 53.6 Å². The number of nitrogens with one attached hydrogen (secondary N) is 2. The minimum absolute atomic E-state index is 0.182. The molecule has 1 aliphatic heterocycles. The molecule has 0 spiro atoms. The summed E-state index contributed by atoms with van der Waals surface area (Å²) in [5, 5.41) is 6.21. The summed E-state index contributed by atoms with van der Waals surface area (Å²) >= 11 is 0. The lowest BCUT2D eigenvalue weighted by Gasteiger charge is -2.20. The molecule has 10 heteroatoms. The quantitative estimate of drug-likeness (QED) is 0.474. The molecule has 1 unspecified atom stereocenters. The maximum Gasteiger partial charge on any atom is 0.277 e. The highest BCUT2D eigenvalue weighted by Crippen LogP contribution is 2.43. The largest absolute Gasteiger partial charge is 0.444 e. The molecule has 6 rings (SSSR count). The molecule has 1 atom stereocenters. The first-order chi connectivity index (χ1) is 16.1. The van der Waals surface area contributed by atoms with E-state index in [0.717, 1.165) is 36.3 Å². The number of morpholine rings is 1. The molecule has 0 aromatic carbocycles. The van der Waals surface area contributed by atoms with Crippen molar-refractivity contribution in [3.8, 4) is 11.5 Å². The van der Waals surface area contributed by atoms with Crippen LogP contribution in [0.1, 0.15) is 52.6 Å². The Hall–Kier alpha value is -3.63. The van der Waals surface area contributed by atoms with Crippen molar-refractivity contribution in [2.45, 2.75) is 31.8 Å². The van der Waals surface area contributed by atoms with Crippen molar-refractivity contribution in [2.75, 3.05) is 25.0 Å². The number of aromatic nitrogens is 4. The van der Waals surface area contributed by atoms with Gasteiger partial charge in [-0.3, -0.25) is 9.78 Å². The normalized spacial score (nSPS) is 18.5. The van der Waals surface area contributed by atoms with Gasteiger partial charge in [0.05, 0.1) is 18.0 Å². The van der Waals surface area contributed by atoms with E-state index in [2.05, 4.69) is 25.6 Å². The highest BCUT2D eigenvalue weighted by atomic mass is 16.5. The summed E-state index contributed by atoms with van der Waals surface area (Å²) in [4.78, 5) is 30.7. The zero-order chi connectivity index (χ0) is 22.4. The summed E-state index contributed by atoms with van der Waals surface area (Å²) in [6.07, 6.45) is 4.83. The number of amides is 1. The number of carbonyl (C=O) groups excluding carboxylic acids is 1. The third-order valence-electron chi connectivity index (χ3n) is 5.72. The molecule has 1 saturated carbocycles. The van der Waals surface area contributed by atoms with Crippen molar-refractivity contribution in [1.29, 1.82) is 0 Å². The van der Waals surface area contributed by atoms with Gasteiger partial charge >= 0.3 is 0 Å². The third kappa shape index (κ3) is 3.98. The van der Waals surface area contributed by atoms with Crippen molar-refractivity contribution >= 4 is 22.8 Å². The van der Waals surface area contributed by atoms with Crippen LogP contribution in [-0.2, 0) is 4.74 Å². The second kappa shape index (κ2) is 8.05. The summed E-state index contributed by atoms with van der Waals surface area (Å²) in [5.74, 6) is 0.773. The summed E-state index contributed by atoms with van der Waals surface area (Å²) in [6, 6.07) is 5.42. The van der Waals surface area contributed by atoms with Crippen molar-refractivity contribution in [3.63, 3.8) is 0 Å². The number of rotatable bonds is 5. The van der Waals surface area contributed by atoms with Gasteiger partial charge in [0.15, 0.2) is 16.9 Å². The first-order valence-electron chi connectivity index (χ1n) is 11.0. The van der Waals surface area contributed by atoms with Crippen LogP contribution in [-0.4, -0.2) is 45.5 Å². The first-order valence-corrected chi connectivity index (χ1v) is 11.0. The van der Waals surface area contributed by atoms with Crippen LogP contribution >= 0.6 is 0 Å². The Morgan fingerprint density at radius 1 is 1.21 bits per heavy atom. The molecule has 2 N–H and O–H groups in total. The van der Waals surface area contributed by atoms with Crippen molar-refractivity contribution in [1.82, 2.24) is 25.3 Å². The molecular formula is C23H22N6O4. The van der Waals surface area contributed by atoms with Gasteiger partial charge in [0.25, 0.3) is 5.91 Å². The number of fused-ring (bicyclic) bond motifs is 1. The van der Waals surface area contributed by atoms with E-state index in [1.54, 1.807) is 18.3 Å². The molecular weight excluding hydrogens is 424 g/mol. The Morgan fingerprint density at radius 2 is 2.12 bits per heavy atom. The fourth-order valence-corrected chi connectivity index (χ4v) is 3.90. The molecule has 2 fully saturated rings. The van der Waals surface area contributed by atoms with Gasteiger partial charge in [-0.1, -0.05) is 0 Å². The fraction of sp³-hybridized carbons (Fsp3) is 0.348. The van der Waals surface area contributed by atoms with E-state index < -0.39 is 0 Å². The summed E-state index contributed by atoms with van der Waals surface area (Å²) in [5.41, 5.74) is 4.23. The van der Waals surface area contributed by atoms with E-state index in [4.69, 9.17) is 18.6 Å². The predicted molar refractivity (Wildman–Crippen MR) is 118 cm³/mol. The molecule has 0 bridgehead atoms. The maximum atomic E-state index is 13.0. The Balaban J connectivity index is 1.28. The van der Waals surface area contributed by atoms with Crippen molar-refractivity contribution in [2.24, 2.45) is 0 Å². The zero-order valence-corrected chi connectivity index (χ0v) is 18.0. The Morgan fingerprint density at radius 3 is 2.91 bits per heavy atom. The SMILES string of the molecule is Cc1cc(-c2nc(C(=O)Nc3cc4oc(C5CNCCO5)nc4nc3C3CC3)co2)ccn1. The number of nitrogens with zero attached hydrogens (tertiary/aromatic N) is 4. The van der Waals surface area contributed by atoms with Gasteiger partial charge in [0, 0.05) is 42.5 Å². The van der Waals surface area contributed by atoms with E-state index in [0.29, 0.717) is 47.8 Å². The number of hydrogen-bond acceptors (Lipinski definition) is 9. The van der Waals surface area contributed by atoms with Gasteiger partial charge in [-0.2, -0.15) is 4.98 Å². The molecule has 1 aliphatic carbocycles. The number of pyridine rings is 2. The molecule has 4 aromatic rings. The van der Waals surface area contributed by atoms with Crippen LogP contribution in [0, 0.1) is 6.92 Å². The number of ether oxygens (including phenoxy) is 1. The number of carbonyl (C=O) groups is 1. The smallest absolute Gasteiger partial charge is 0.277 e. The molecule has 0 radical (unpaired) electrons. The number of anilines is 1. The lowest BCUT2D eigenvalue weighted by molar-refractivity contribution is 0.0118. The molecule has 4 aromatic heterocycles.